The van der Waals surface area contributed by atoms with Gasteiger partial charge in [-0.3, -0.25) is 10.1 Å². The maximum atomic E-state index is 12.1. The lowest BCUT2D eigenvalue weighted by atomic mass is 10.1. The molecule has 0 saturated carbocycles. The lowest BCUT2D eigenvalue weighted by Crippen LogP contribution is -2.24. The number of hydrogen-bond donors (Lipinski definition) is 2. The van der Waals surface area contributed by atoms with Gasteiger partial charge in [0, 0.05) is 11.6 Å². The minimum atomic E-state index is -3.91. The second kappa shape index (κ2) is 5.54. The number of aromatic amines is 1. The van der Waals surface area contributed by atoms with Gasteiger partial charge < -0.3 is 0 Å². The number of aryl methyl sites for hydroxylation is 1. The van der Waals surface area contributed by atoms with Gasteiger partial charge in [0.2, 0.25) is 10.0 Å². The van der Waals surface area contributed by atoms with E-state index >= 15 is 0 Å². The first-order valence-electron chi connectivity index (χ1n) is 5.79. The van der Waals surface area contributed by atoms with Gasteiger partial charge in [-0.25, -0.2) is 13.1 Å². The summed E-state index contributed by atoms with van der Waals surface area (Å²) in [4.78, 5) is 10.2. The Hall–Kier alpha value is -2.40. The largest absolute Gasteiger partial charge is 0.273 e. The molecular formula is C10H12N6O4S. The molecule has 10 nitrogen and oxygen atoms in total. The van der Waals surface area contributed by atoms with Crippen LogP contribution in [0.15, 0.2) is 17.0 Å². The van der Waals surface area contributed by atoms with E-state index in [-0.39, 0.29) is 23.0 Å². The highest BCUT2D eigenvalue weighted by Crippen LogP contribution is 2.25. The van der Waals surface area contributed by atoms with E-state index in [1.807, 2.05) is 0 Å². The summed E-state index contributed by atoms with van der Waals surface area (Å²) in [6, 6.07) is 2.40. The topological polar surface area (TPSA) is 144 Å². The minimum Gasteiger partial charge on any atom is -0.258 e. The molecule has 11 heteroatoms. The molecule has 0 unspecified atom stereocenters. The molecule has 0 radical (unpaired) electrons. The molecule has 0 bridgehead atoms. The molecular weight excluding hydrogens is 300 g/mol. The van der Waals surface area contributed by atoms with Crippen molar-refractivity contribution in [3.8, 4) is 0 Å². The first kappa shape index (κ1) is 15.0. The Balaban J connectivity index is 2.33. The molecule has 1 aromatic carbocycles. The molecule has 2 rings (SSSR count). The Bertz CT molecular complexity index is 771. The third-order valence-electron chi connectivity index (χ3n) is 2.93. The van der Waals surface area contributed by atoms with Gasteiger partial charge in [0.05, 0.1) is 16.4 Å². The number of aromatic nitrogens is 4. The zero-order chi connectivity index (χ0) is 15.6. The second-order valence-electron chi connectivity index (χ2n) is 4.29. The molecule has 0 amide bonds. The van der Waals surface area contributed by atoms with E-state index in [1.54, 1.807) is 13.8 Å². The van der Waals surface area contributed by atoms with E-state index in [0.717, 1.165) is 6.07 Å². The quantitative estimate of drug-likeness (QED) is 0.592. The van der Waals surface area contributed by atoms with Crippen LogP contribution in [-0.2, 0) is 16.6 Å². The Labute approximate surface area is 119 Å². The maximum absolute atomic E-state index is 12.1. The van der Waals surface area contributed by atoms with E-state index in [9.17, 15) is 18.5 Å². The molecule has 0 aliphatic rings. The number of nitro benzene ring substituents is 1. The van der Waals surface area contributed by atoms with Crippen molar-refractivity contribution in [2.75, 3.05) is 0 Å². The molecule has 2 N–H and O–H groups in total. The van der Waals surface area contributed by atoms with Crippen LogP contribution in [0.2, 0.25) is 0 Å². The summed E-state index contributed by atoms with van der Waals surface area (Å²) in [6.07, 6.45) is 0. The van der Waals surface area contributed by atoms with E-state index in [0.29, 0.717) is 11.1 Å². The predicted molar refractivity (Wildman–Crippen MR) is 70.8 cm³/mol. The Morgan fingerprint density at radius 2 is 2.10 bits per heavy atom. The molecule has 0 spiro atoms. The SMILES string of the molecule is Cc1cc(S(=O)(=O)NCc2nn[nH]n2)cc([N+](=O)[O-])c1C. The zero-order valence-corrected chi connectivity index (χ0v) is 12.0. The summed E-state index contributed by atoms with van der Waals surface area (Å²) in [7, 11) is -3.91. The normalized spacial score (nSPS) is 11.5. The van der Waals surface area contributed by atoms with Crippen LogP contribution in [0.5, 0.6) is 0 Å². The van der Waals surface area contributed by atoms with E-state index in [4.69, 9.17) is 0 Å². The van der Waals surface area contributed by atoms with Crippen molar-refractivity contribution in [3.63, 3.8) is 0 Å². The summed E-state index contributed by atoms with van der Waals surface area (Å²) in [5.74, 6) is 0.164. The van der Waals surface area contributed by atoms with Gasteiger partial charge in [-0.05, 0) is 25.5 Å². The van der Waals surface area contributed by atoms with Crippen molar-refractivity contribution in [2.45, 2.75) is 25.3 Å². The molecule has 0 aliphatic carbocycles. The van der Waals surface area contributed by atoms with Crippen LogP contribution < -0.4 is 4.72 Å². The number of nitro groups is 1. The fourth-order valence-electron chi connectivity index (χ4n) is 1.65. The molecule has 1 heterocycles. The van der Waals surface area contributed by atoms with Crippen molar-refractivity contribution < 1.29 is 13.3 Å². The molecule has 0 atom stereocenters. The monoisotopic (exact) mass is 312 g/mol. The minimum absolute atomic E-state index is 0.164. The van der Waals surface area contributed by atoms with Crippen LogP contribution in [0.1, 0.15) is 17.0 Å². The average Bonchev–Trinajstić information content (AvgIpc) is 2.92. The molecule has 21 heavy (non-hydrogen) atoms. The number of rotatable bonds is 5. The van der Waals surface area contributed by atoms with Crippen molar-refractivity contribution in [2.24, 2.45) is 0 Å². The summed E-state index contributed by atoms with van der Waals surface area (Å²) < 4.78 is 26.5. The Morgan fingerprint density at radius 1 is 1.38 bits per heavy atom. The fraction of sp³-hybridized carbons (Fsp3) is 0.300. The van der Waals surface area contributed by atoms with E-state index in [1.165, 1.54) is 6.07 Å². The molecule has 0 aliphatic heterocycles. The molecule has 0 fully saturated rings. The van der Waals surface area contributed by atoms with Gasteiger partial charge in [-0.15, -0.1) is 10.2 Å². The molecule has 1 aromatic heterocycles. The summed E-state index contributed by atoms with van der Waals surface area (Å²) in [5, 5.41) is 23.7. The number of nitrogens with zero attached hydrogens (tertiary/aromatic N) is 4. The van der Waals surface area contributed by atoms with Crippen LogP contribution in [0.4, 0.5) is 5.69 Å². The summed E-state index contributed by atoms with van der Waals surface area (Å²) in [6.45, 7) is 3.01. The van der Waals surface area contributed by atoms with Crippen LogP contribution in [0, 0.1) is 24.0 Å². The lowest BCUT2D eigenvalue weighted by molar-refractivity contribution is -0.385. The zero-order valence-electron chi connectivity index (χ0n) is 11.2. The number of benzene rings is 1. The van der Waals surface area contributed by atoms with Gasteiger partial charge in [0.25, 0.3) is 5.69 Å². The third kappa shape index (κ3) is 3.20. The van der Waals surface area contributed by atoms with Crippen molar-refractivity contribution in [1.29, 1.82) is 0 Å². The third-order valence-corrected chi connectivity index (χ3v) is 4.31. The number of H-pyrrole nitrogens is 1. The fourth-order valence-corrected chi connectivity index (χ4v) is 2.74. The smallest absolute Gasteiger partial charge is 0.258 e. The average molecular weight is 312 g/mol. The lowest BCUT2D eigenvalue weighted by Gasteiger charge is -2.08. The van der Waals surface area contributed by atoms with Crippen molar-refractivity contribution >= 4 is 15.7 Å². The Kier molecular flexibility index (Phi) is 3.95. The number of sulfonamides is 1. The molecule has 0 saturated heterocycles. The van der Waals surface area contributed by atoms with Gasteiger partial charge in [-0.1, -0.05) is 5.21 Å². The number of hydrogen-bond acceptors (Lipinski definition) is 7. The first-order chi connectivity index (χ1) is 9.81. The Morgan fingerprint density at radius 3 is 2.67 bits per heavy atom. The van der Waals surface area contributed by atoms with Crippen molar-refractivity contribution in [1.82, 2.24) is 25.3 Å². The van der Waals surface area contributed by atoms with Gasteiger partial charge in [0.15, 0.2) is 5.82 Å². The van der Waals surface area contributed by atoms with Gasteiger partial charge in [-0.2, -0.15) is 5.21 Å². The molecule has 112 valence electrons. The predicted octanol–water partition coefficient (Wildman–Crippen LogP) is 0.203. The highest BCUT2D eigenvalue weighted by Gasteiger charge is 2.21. The first-order valence-corrected chi connectivity index (χ1v) is 7.27. The second-order valence-corrected chi connectivity index (χ2v) is 6.06. The highest BCUT2D eigenvalue weighted by atomic mass is 32.2. The van der Waals surface area contributed by atoms with Gasteiger partial charge >= 0.3 is 0 Å². The van der Waals surface area contributed by atoms with Crippen LogP contribution in [0.25, 0.3) is 0 Å². The van der Waals surface area contributed by atoms with Crippen molar-refractivity contribution in [3.05, 3.63) is 39.2 Å². The van der Waals surface area contributed by atoms with E-state index < -0.39 is 14.9 Å². The van der Waals surface area contributed by atoms with Gasteiger partial charge in [0.1, 0.15) is 0 Å². The summed E-state index contributed by atoms with van der Waals surface area (Å²) >= 11 is 0. The van der Waals surface area contributed by atoms with Crippen LogP contribution in [0.3, 0.4) is 0 Å². The molecule has 2 aromatic rings. The summed E-state index contributed by atoms with van der Waals surface area (Å²) in [5.41, 5.74) is 0.705. The highest BCUT2D eigenvalue weighted by molar-refractivity contribution is 7.89. The van der Waals surface area contributed by atoms with E-state index in [2.05, 4.69) is 25.3 Å². The van der Waals surface area contributed by atoms with Crippen LogP contribution >= 0.6 is 0 Å². The maximum Gasteiger partial charge on any atom is 0.273 e. The number of tetrazole rings is 1. The standard InChI is InChI=1S/C10H12N6O4S/c1-6-3-8(4-9(7(6)2)16(17)18)21(19,20)11-5-10-12-14-15-13-10/h3-4,11H,5H2,1-2H3,(H,12,13,14,15). The number of nitrogens with one attached hydrogen (secondary N) is 2. The van der Waals surface area contributed by atoms with Crippen LogP contribution in [-0.4, -0.2) is 34.0 Å².